The zero-order chi connectivity index (χ0) is 15.2. The SMILES string of the molecule is O=C(CN1CCCCC1CCO)Nc1c(F)cccc1F. The number of amides is 1. The van der Waals surface area contributed by atoms with E-state index >= 15 is 0 Å². The summed E-state index contributed by atoms with van der Waals surface area (Å²) < 4.78 is 27.0. The van der Waals surface area contributed by atoms with Gasteiger partial charge in [0, 0.05) is 12.6 Å². The lowest BCUT2D eigenvalue weighted by Gasteiger charge is -2.34. The first kappa shape index (κ1) is 15.9. The summed E-state index contributed by atoms with van der Waals surface area (Å²) in [5.41, 5.74) is -0.404. The van der Waals surface area contributed by atoms with Crippen LogP contribution in [0.2, 0.25) is 0 Å². The van der Waals surface area contributed by atoms with Crippen LogP contribution in [0.3, 0.4) is 0 Å². The Morgan fingerprint density at radius 2 is 2.05 bits per heavy atom. The Kier molecular flexibility index (Phi) is 5.64. The quantitative estimate of drug-likeness (QED) is 0.875. The minimum Gasteiger partial charge on any atom is -0.396 e. The minimum absolute atomic E-state index is 0.0741. The molecule has 21 heavy (non-hydrogen) atoms. The van der Waals surface area contributed by atoms with Gasteiger partial charge in [0.25, 0.3) is 0 Å². The zero-order valence-electron chi connectivity index (χ0n) is 11.8. The van der Waals surface area contributed by atoms with E-state index in [2.05, 4.69) is 5.32 Å². The number of aliphatic hydroxyl groups is 1. The highest BCUT2D eigenvalue weighted by atomic mass is 19.1. The predicted molar refractivity (Wildman–Crippen MR) is 75.9 cm³/mol. The van der Waals surface area contributed by atoms with Gasteiger partial charge in [0.05, 0.1) is 6.54 Å². The van der Waals surface area contributed by atoms with E-state index in [9.17, 15) is 13.6 Å². The van der Waals surface area contributed by atoms with Crippen molar-refractivity contribution >= 4 is 11.6 Å². The smallest absolute Gasteiger partial charge is 0.238 e. The van der Waals surface area contributed by atoms with Crippen LogP contribution in [0.1, 0.15) is 25.7 Å². The van der Waals surface area contributed by atoms with E-state index in [4.69, 9.17) is 5.11 Å². The molecule has 4 nitrogen and oxygen atoms in total. The highest BCUT2D eigenvalue weighted by Crippen LogP contribution is 2.21. The van der Waals surface area contributed by atoms with Gasteiger partial charge in [-0.3, -0.25) is 9.69 Å². The average Bonchev–Trinajstić information content (AvgIpc) is 2.45. The summed E-state index contributed by atoms with van der Waals surface area (Å²) >= 11 is 0. The van der Waals surface area contributed by atoms with E-state index in [0.29, 0.717) is 6.42 Å². The Bertz CT molecular complexity index is 474. The fourth-order valence-electron chi connectivity index (χ4n) is 2.72. The van der Waals surface area contributed by atoms with Crippen LogP contribution in [-0.2, 0) is 4.79 Å². The van der Waals surface area contributed by atoms with Crippen molar-refractivity contribution < 1.29 is 18.7 Å². The predicted octanol–water partition coefficient (Wildman–Crippen LogP) is 2.14. The molecule has 0 spiro atoms. The number of piperidine rings is 1. The molecule has 1 aliphatic rings. The second-order valence-corrected chi connectivity index (χ2v) is 5.28. The van der Waals surface area contributed by atoms with Gasteiger partial charge in [-0.1, -0.05) is 12.5 Å². The molecule has 0 saturated carbocycles. The molecular weight excluding hydrogens is 278 g/mol. The molecule has 1 fully saturated rings. The third-order valence-electron chi connectivity index (χ3n) is 3.79. The molecule has 1 unspecified atom stereocenters. The van der Waals surface area contributed by atoms with Gasteiger partial charge in [-0.05, 0) is 37.9 Å². The van der Waals surface area contributed by atoms with Crippen LogP contribution in [0.15, 0.2) is 18.2 Å². The summed E-state index contributed by atoms with van der Waals surface area (Å²) in [6, 6.07) is 3.62. The average molecular weight is 298 g/mol. The number of hydrogen-bond acceptors (Lipinski definition) is 3. The summed E-state index contributed by atoms with van der Waals surface area (Å²) in [4.78, 5) is 14.0. The Labute approximate surface area is 122 Å². The molecule has 1 saturated heterocycles. The Morgan fingerprint density at radius 3 is 2.71 bits per heavy atom. The Hall–Kier alpha value is -1.53. The van der Waals surface area contributed by atoms with Gasteiger partial charge in [-0.15, -0.1) is 0 Å². The number of nitrogens with one attached hydrogen (secondary N) is 1. The van der Waals surface area contributed by atoms with Crippen LogP contribution in [-0.4, -0.2) is 41.7 Å². The fraction of sp³-hybridized carbons (Fsp3) is 0.533. The van der Waals surface area contributed by atoms with E-state index in [1.165, 1.54) is 6.07 Å². The highest BCUT2D eigenvalue weighted by molar-refractivity contribution is 5.92. The van der Waals surface area contributed by atoms with Crippen molar-refractivity contribution in [1.29, 1.82) is 0 Å². The third kappa shape index (κ3) is 4.22. The number of benzene rings is 1. The van der Waals surface area contributed by atoms with Crippen molar-refractivity contribution in [2.75, 3.05) is 25.0 Å². The van der Waals surface area contributed by atoms with E-state index < -0.39 is 23.2 Å². The van der Waals surface area contributed by atoms with Gasteiger partial charge in [-0.2, -0.15) is 0 Å². The topological polar surface area (TPSA) is 52.6 Å². The van der Waals surface area contributed by atoms with Gasteiger partial charge in [-0.25, -0.2) is 8.78 Å². The van der Waals surface area contributed by atoms with Gasteiger partial charge in [0.2, 0.25) is 5.91 Å². The van der Waals surface area contributed by atoms with Gasteiger partial charge >= 0.3 is 0 Å². The minimum atomic E-state index is -0.783. The lowest BCUT2D eigenvalue weighted by Crippen LogP contribution is -2.44. The van der Waals surface area contributed by atoms with Crippen molar-refractivity contribution in [3.63, 3.8) is 0 Å². The number of carbonyl (C=O) groups is 1. The number of para-hydroxylation sites is 1. The lowest BCUT2D eigenvalue weighted by atomic mass is 9.99. The number of aliphatic hydroxyl groups excluding tert-OH is 1. The maximum absolute atomic E-state index is 13.5. The first-order valence-corrected chi connectivity index (χ1v) is 7.20. The van der Waals surface area contributed by atoms with Crippen molar-refractivity contribution in [3.05, 3.63) is 29.8 Å². The second kappa shape index (κ2) is 7.47. The van der Waals surface area contributed by atoms with Crippen LogP contribution in [0.25, 0.3) is 0 Å². The van der Waals surface area contributed by atoms with Crippen LogP contribution in [0.4, 0.5) is 14.5 Å². The number of anilines is 1. The van der Waals surface area contributed by atoms with E-state index in [-0.39, 0.29) is 19.2 Å². The van der Waals surface area contributed by atoms with Crippen molar-refractivity contribution in [2.24, 2.45) is 0 Å². The first-order valence-electron chi connectivity index (χ1n) is 7.20. The molecule has 6 heteroatoms. The Balaban J connectivity index is 1.97. The maximum Gasteiger partial charge on any atom is 0.238 e. The number of halogens is 2. The summed E-state index contributed by atoms with van der Waals surface area (Å²) in [5, 5.41) is 11.3. The second-order valence-electron chi connectivity index (χ2n) is 5.28. The molecule has 1 amide bonds. The summed E-state index contributed by atoms with van der Waals surface area (Å²) in [5.74, 6) is -2.01. The third-order valence-corrected chi connectivity index (χ3v) is 3.79. The lowest BCUT2D eigenvalue weighted by molar-refractivity contribution is -0.118. The zero-order valence-corrected chi connectivity index (χ0v) is 11.8. The number of rotatable bonds is 5. The largest absolute Gasteiger partial charge is 0.396 e. The fourth-order valence-corrected chi connectivity index (χ4v) is 2.72. The molecule has 0 bridgehead atoms. The standard InChI is InChI=1S/C15H20F2N2O2/c16-12-5-3-6-13(17)15(12)18-14(21)10-19-8-2-1-4-11(19)7-9-20/h3,5-6,11,20H,1-2,4,7-10H2,(H,18,21). The molecule has 0 radical (unpaired) electrons. The van der Waals surface area contributed by atoms with E-state index in [1.54, 1.807) is 0 Å². The molecule has 1 heterocycles. The molecule has 2 N–H and O–H groups in total. The van der Waals surface area contributed by atoms with Gasteiger partial charge < -0.3 is 10.4 Å². The molecule has 116 valence electrons. The molecule has 0 aromatic heterocycles. The molecule has 0 aliphatic carbocycles. The summed E-state index contributed by atoms with van der Waals surface area (Å²) in [6.45, 7) is 0.918. The number of likely N-dealkylation sites (tertiary alicyclic amines) is 1. The molecule has 2 rings (SSSR count). The van der Waals surface area contributed by atoms with Crippen LogP contribution in [0, 0.1) is 11.6 Å². The molecular formula is C15H20F2N2O2. The number of hydrogen-bond donors (Lipinski definition) is 2. The molecule has 1 aromatic carbocycles. The van der Waals surface area contributed by atoms with Crippen molar-refractivity contribution in [2.45, 2.75) is 31.7 Å². The highest BCUT2D eigenvalue weighted by Gasteiger charge is 2.24. The molecule has 1 aromatic rings. The van der Waals surface area contributed by atoms with Gasteiger partial charge in [0.15, 0.2) is 0 Å². The van der Waals surface area contributed by atoms with Crippen molar-refractivity contribution in [3.8, 4) is 0 Å². The Morgan fingerprint density at radius 1 is 1.33 bits per heavy atom. The normalized spacial score (nSPS) is 19.5. The first-order chi connectivity index (χ1) is 10.1. The van der Waals surface area contributed by atoms with E-state index in [0.717, 1.165) is 37.9 Å². The number of carbonyl (C=O) groups excluding carboxylic acids is 1. The monoisotopic (exact) mass is 298 g/mol. The summed E-state index contributed by atoms with van der Waals surface area (Å²) in [6.07, 6.45) is 3.61. The van der Waals surface area contributed by atoms with E-state index in [1.807, 2.05) is 4.90 Å². The van der Waals surface area contributed by atoms with Crippen molar-refractivity contribution in [1.82, 2.24) is 4.90 Å². The number of nitrogens with zero attached hydrogens (tertiary/aromatic N) is 1. The molecule has 1 atom stereocenters. The van der Waals surface area contributed by atoms with Crippen LogP contribution in [0.5, 0.6) is 0 Å². The van der Waals surface area contributed by atoms with Crippen LogP contribution < -0.4 is 5.32 Å². The van der Waals surface area contributed by atoms with Crippen LogP contribution >= 0.6 is 0 Å². The summed E-state index contributed by atoms with van der Waals surface area (Å²) in [7, 11) is 0. The van der Waals surface area contributed by atoms with Gasteiger partial charge in [0.1, 0.15) is 17.3 Å². The molecule has 1 aliphatic heterocycles. The maximum atomic E-state index is 13.5.